The Morgan fingerprint density at radius 3 is 1.03 bits per heavy atom. The molecule has 3 nitrogen and oxygen atoms in total. The van der Waals surface area contributed by atoms with E-state index >= 15 is 0 Å². The zero-order valence-electron chi connectivity index (χ0n) is 51.4. The minimum Gasteiger partial charge on any atom is -0.310 e. The van der Waals surface area contributed by atoms with Crippen molar-refractivity contribution in [2.24, 2.45) is 0 Å². The Morgan fingerprint density at radius 2 is 0.596 bits per heavy atom. The summed E-state index contributed by atoms with van der Waals surface area (Å²) in [5, 5.41) is 9.76. The van der Waals surface area contributed by atoms with Gasteiger partial charge < -0.3 is 14.4 Å². The summed E-state index contributed by atoms with van der Waals surface area (Å²) in [6, 6.07) is 132. The lowest BCUT2D eigenvalue weighted by Gasteiger charge is -2.46. The first-order valence-corrected chi connectivity index (χ1v) is 32.6. The Morgan fingerprint density at radius 1 is 0.234 bits per heavy atom. The molecule has 0 saturated carbocycles. The van der Waals surface area contributed by atoms with Gasteiger partial charge in [0.05, 0.1) is 28.1 Å². The fourth-order valence-corrected chi connectivity index (χ4v) is 15.8. The van der Waals surface area contributed by atoms with Gasteiger partial charge in [-0.3, -0.25) is 0 Å². The summed E-state index contributed by atoms with van der Waals surface area (Å²) >= 11 is 0. The molecule has 4 heteroatoms. The molecule has 2 aliphatic heterocycles. The van der Waals surface area contributed by atoms with Crippen LogP contribution in [0.3, 0.4) is 0 Å². The van der Waals surface area contributed by atoms with Crippen LogP contribution in [0.4, 0.5) is 34.1 Å². The van der Waals surface area contributed by atoms with Gasteiger partial charge in [0.25, 0.3) is 6.71 Å². The van der Waals surface area contributed by atoms with Crippen LogP contribution in [0.15, 0.2) is 352 Å². The smallest absolute Gasteiger partial charge is 0.252 e. The summed E-state index contributed by atoms with van der Waals surface area (Å²) in [7, 11) is 0. The molecule has 0 radical (unpaired) electrons. The van der Waals surface area contributed by atoms with E-state index in [9.17, 15) is 0 Å². The standard InChI is InChI=1S/C90H58BN3/c1-7-27-59(28-8-1)67-49-51-81-79(54-67)91-80-55-68(60-29-9-2-10-30-60)50-52-82(80)94(89-72(63-35-15-5-16-36-63)47-26-48-73(89)64-37-17-6-18-38-64)85-58-69(57-84(87(85)91)93(81)88-70(61-31-11-3-12-32-61)45-25-46-71(88)62-33-13-4-14-34-62)92-83-56-66-40-20-19-39-65(66)53-78(83)86-76-43-23-21-41-74(76)75-42-22-24-44-77(75)90(86)92/h1-58H. The maximum atomic E-state index is 2.68. The fourth-order valence-electron chi connectivity index (χ4n) is 15.8. The van der Waals surface area contributed by atoms with Gasteiger partial charge in [-0.15, -0.1) is 0 Å². The van der Waals surface area contributed by atoms with E-state index in [2.05, 4.69) is 366 Å². The predicted molar refractivity (Wildman–Crippen MR) is 400 cm³/mol. The van der Waals surface area contributed by atoms with Crippen LogP contribution < -0.4 is 26.2 Å². The molecule has 0 aliphatic carbocycles. The molecular formula is C90H58BN3. The van der Waals surface area contributed by atoms with Crippen LogP contribution in [0.5, 0.6) is 0 Å². The van der Waals surface area contributed by atoms with Gasteiger partial charge in [0.2, 0.25) is 0 Å². The van der Waals surface area contributed by atoms with Crippen LogP contribution in [0.1, 0.15) is 0 Å². The first-order chi connectivity index (χ1) is 46.7. The molecule has 0 amide bonds. The summed E-state index contributed by atoms with van der Waals surface area (Å²) in [6.07, 6.45) is 0. The summed E-state index contributed by atoms with van der Waals surface area (Å²) in [5.41, 5.74) is 27.6. The van der Waals surface area contributed by atoms with Crippen LogP contribution in [0.25, 0.3) is 127 Å². The van der Waals surface area contributed by atoms with Gasteiger partial charge >= 0.3 is 0 Å². The van der Waals surface area contributed by atoms with Crippen molar-refractivity contribution in [3.63, 3.8) is 0 Å². The minimum absolute atomic E-state index is 0.246. The van der Waals surface area contributed by atoms with Crippen LogP contribution in [0.2, 0.25) is 0 Å². The van der Waals surface area contributed by atoms with Gasteiger partial charge in [-0.2, -0.15) is 0 Å². The molecule has 3 heterocycles. The molecule has 16 aromatic carbocycles. The predicted octanol–water partition coefficient (Wildman–Crippen LogP) is 22.3. The second kappa shape index (κ2) is 21.7. The van der Waals surface area contributed by atoms with E-state index in [1.807, 2.05) is 0 Å². The van der Waals surface area contributed by atoms with E-state index in [-0.39, 0.29) is 6.71 Å². The summed E-state index contributed by atoms with van der Waals surface area (Å²) < 4.78 is 2.64. The molecule has 94 heavy (non-hydrogen) atoms. The lowest BCUT2D eigenvalue weighted by molar-refractivity contribution is 1.17. The van der Waals surface area contributed by atoms with E-state index in [4.69, 9.17) is 0 Å². The van der Waals surface area contributed by atoms with E-state index in [1.165, 1.54) is 87.2 Å². The van der Waals surface area contributed by atoms with E-state index in [0.717, 1.165) is 89.8 Å². The van der Waals surface area contributed by atoms with Crippen molar-refractivity contribution in [1.82, 2.24) is 4.57 Å². The second-order valence-electron chi connectivity index (χ2n) is 25.0. The summed E-state index contributed by atoms with van der Waals surface area (Å²) in [6.45, 7) is -0.246. The molecule has 0 unspecified atom stereocenters. The van der Waals surface area contributed by atoms with E-state index < -0.39 is 0 Å². The molecule has 19 rings (SSSR count). The average molecular weight is 1190 g/mol. The molecule has 0 bridgehead atoms. The number of benzene rings is 16. The van der Waals surface area contributed by atoms with Gasteiger partial charge in [0.1, 0.15) is 0 Å². The maximum Gasteiger partial charge on any atom is 0.252 e. The van der Waals surface area contributed by atoms with E-state index in [0.29, 0.717) is 0 Å². The van der Waals surface area contributed by atoms with Crippen molar-refractivity contribution in [1.29, 1.82) is 0 Å². The second-order valence-corrected chi connectivity index (χ2v) is 25.0. The third-order valence-corrected chi connectivity index (χ3v) is 19.9. The number of rotatable bonds is 9. The number of para-hydroxylation sites is 2. The van der Waals surface area contributed by atoms with Crippen molar-refractivity contribution in [2.45, 2.75) is 0 Å². The Kier molecular flexibility index (Phi) is 12.4. The van der Waals surface area contributed by atoms with E-state index in [1.54, 1.807) is 0 Å². The number of aromatic nitrogens is 1. The Labute approximate surface area is 546 Å². The molecule has 2 aliphatic rings. The average Bonchev–Trinajstić information content (AvgIpc) is 1.02. The number of hydrogen-bond donors (Lipinski definition) is 0. The topological polar surface area (TPSA) is 11.4 Å². The highest BCUT2D eigenvalue weighted by Crippen LogP contribution is 2.55. The highest BCUT2D eigenvalue weighted by atomic mass is 15.2. The van der Waals surface area contributed by atoms with Gasteiger partial charge in [0.15, 0.2) is 0 Å². The van der Waals surface area contributed by atoms with Crippen LogP contribution in [0, 0.1) is 0 Å². The SMILES string of the molecule is c1ccc(-c2ccc3c(c2)B2c4cc(-c5ccccc5)ccc4N(c4c(-c5ccccc5)cccc4-c4ccccc4)c4cc(-n5c6cc7ccccc7cc6c6c7ccccc7c7ccccc7c65)cc(c42)N3c2c(-c3ccccc3)cccc2-c2ccccc2)cc1. The zero-order valence-corrected chi connectivity index (χ0v) is 51.4. The number of nitrogens with zero attached hydrogens (tertiary/aromatic N) is 3. The summed E-state index contributed by atoms with van der Waals surface area (Å²) in [5.74, 6) is 0. The molecule has 0 N–H and O–H groups in total. The molecule has 436 valence electrons. The number of hydrogen-bond acceptors (Lipinski definition) is 2. The van der Waals surface area contributed by atoms with Crippen LogP contribution in [-0.4, -0.2) is 11.3 Å². The molecule has 0 saturated heterocycles. The molecule has 0 spiro atoms. The molecule has 17 aromatic rings. The van der Waals surface area contributed by atoms with Crippen molar-refractivity contribution in [3.05, 3.63) is 352 Å². The van der Waals surface area contributed by atoms with Gasteiger partial charge in [0, 0.05) is 61.2 Å². The monoisotopic (exact) mass is 1190 g/mol. The molecular weight excluding hydrogens is 1130 g/mol. The normalized spacial score (nSPS) is 12.4. The lowest BCUT2D eigenvalue weighted by atomic mass is 9.33. The Balaban J connectivity index is 1.04. The van der Waals surface area contributed by atoms with Crippen molar-refractivity contribution in [3.8, 4) is 72.4 Å². The van der Waals surface area contributed by atoms with Gasteiger partial charge in [-0.25, -0.2) is 0 Å². The minimum atomic E-state index is -0.246. The molecule has 0 atom stereocenters. The quantitative estimate of drug-likeness (QED) is 0.105. The van der Waals surface area contributed by atoms with Crippen molar-refractivity contribution < 1.29 is 0 Å². The molecule has 0 fully saturated rings. The highest BCUT2D eigenvalue weighted by Gasteiger charge is 2.46. The van der Waals surface area contributed by atoms with Gasteiger partial charge in [-0.1, -0.05) is 315 Å². The van der Waals surface area contributed by atoms with Gasteiger partial charge in [-0.05, 0) is 124 Å². The third-order valence-electron chi connectivity index (χ3n) is 19.9. The summed E-state index contributed by atoms with van der Waals surface area (Å²) in [4.78, 5) is 5.35. The maximum absolute atomic E-state index is 2.68. The fraction of sp³-hybridized carbons (Fsp3) is 0. The zero-order chi connectivity index (χ0) is 61.8. The highest BCUT2D eigenvalue weighted by molar-refractivity contribution is 7.00. The largest absolute Gasteiger partial charge is 0.310 e. The lowest BCUT2D eigenvalue weighted by Crippen LogP contribution is -2.61. The first-order valence-electron chi connectivity index (χ1n) is 32.6. The van der Waals surface area contributed by atoms with Crippen molar-refractivity contribution in [2.75, 3.05) is 9.80 Å². The Hall–Kier alpha value is -12.2. The Bertz CT molecular complexity index is 5490. The number of fused-ring (bicyclic) bond motifs is 13. The first kappa shape index (κ1) is 53.6. The number of anilines is 6. The third kappa shape index (κ3) is 8.40. The van der Waals surface area contributed by atoms with Crippen LogP contribution in [-0.2, 0) is 0 Å². The molecule has 1 aromatic heterocycles. The van der Waals surface area contributed by atoms with Crippen molar-refractivity contribution >= 4 is 111 Å². The van der Waals surface area contributed by atoms with Crippen LogP contribution >= 0.6 is 0 Å².